The van der Waals surface area contributed by atoms with Crippen molar-refractivity contribution in [3.63, 3.8) is 0 Å². The molecule has 90 valence electrons. The zero-order valence-electron chi connectivity index (χ0n) is 9.79. The van der Waals surface area contributed by atoms with E-state index in [0.717, 1.165) is 24.8 Å². The summed E-state index contributed by atoms with van der Waals surface area (Å²) in [5.41, 5.74) is 3.31. The van der Waals surface area contributed by atoms with Crippen LogP contribution in [0.4, 0.5) is 4.39 Å². The van der Waals surface area contributed by atoms with E-state index in [2.05, 4.69) is 6.07 Å². The molecule has 17 heavy (non-hydrogen) atoms. The van der Waals surface area contributed by atoms with E-state index in [1.807, 2.05) is 12.1 Å². The molecule has 0 bridgehead atoms. The van der Waals surface area contributed by atoms with Crippen molar-refractivity contribution in [1.82, 2.24) is 4.90 Å². The van der Waals surface area contributed by atoms with Gasteiger partial charge in [0.15, 0.2) is 0 Å². The van der Waals surface area contributed by atoms with Crippen LogP contribution in [0.1, 0.15) is 34.3 Å². The molecular weight excluding hydrogens is 217 g/mol. The first-order valence-corrected chi connectivity index (χ1v) is 6.30. The average molecular weight is 233 g/mol. The van der Waals surface area contributed by atoms with Crippen molar-refractivity contribution in [2.75, 3.05) is 13.1 Å². The maximum Gasteiger partial charge on any atom is 0.254 e. The number of hydrogen-bond donors (Lipinski definition) is 0. The minimum Gasteiger partial charge on any atom is -0.333 e. The van der Waals surface area contributed by atoms with Crippen LogP contribution in [-0.2, 0) is 12.8 Å². The Kier molecular flexibility index (Phi) is 2.61. The molecule has 0 atom stereocenters. The van der Waals surface area contributed by atoms with Crippen LogP contribution in [0.25, 0.3) is 0 Å². The maximum absolute atomic E-state index is 12.8. The highest BCUT2D eigenvalue weighted by Crippen LogP contribution is 2.26. The Bertz CT molecular complexity index is 452. The molecule has 3 heteroatoms. The number of alkyl halides is 1. The largest absolute Gasteiger partial charge is 0.333 e. The minimum atomic E-state index is -0.821. The molecule has 0 saturated carbocycles. The van der Waals surface area contributed by atoms with Crippen LogP contribution >= 0.6 is 0 Å². The summed E-state index contributed by atoms with van der Waals surface area (Å²) in [4.78, 5) is 13.8. The van der Waals surface area contributed by atoms with Crippen LogP contribution in [0.5, 0.6) is 0 Å². The fourth-order valence-electron chi connectivity index (χ4n) is 2.74. The van der Waals surface area contributed by atoms with Crippen molar-refractivity contribution in [1.29, 1.82) is 0 Å². The van der Waals surface area contributed by atoms with Crippen molar-refractivity contribution >= 4 is 5.91 Å². The number of carbonyl (C=O) groups is 1. The molecule has 1 aliphatic heterocycles. The fraction of sp³-hybridized carbons (Fsp3) is 0.500. The lowest BCUT2D eigenvalue weighted by Crippen LogP contribution is -2.51. The number of hydrogen-bond acceptors (Lipinski definition) is 1. The van der Waals surface area contributed by atoms with Gasteiger partial charge < -0.3 is 4.90 Å². The fourth-order valence-corrected chi connectivity index (χ4v) is 2.74. The Labute approximate surface area is 100 Å². The van der Waals surface area contributed by atoms with Crippen molar-refractivity contribution in [3.8, 4) is 0 Å². The Morgan fingerprint density at radius 1 is 1.24 bits per heavy atom. The zero-order valence-corrected chi connectivity index (χ0v) is 9.79. The predicted molar refractivity (Wildman–Crippen MR) is 63.9 cm³/mol. The standard InChI is InChI=1S/C14H16FNO/c15-11-8-16(9-11)14(17)13-7-3-5-10-4-1-2-6-12(10)13/h3,5,7,11H,1-2,4,6,8-9H2. The summed E-state index contributed by atoms with van der Waals surface area (Å²) in [7, 11) is 0. The first kappa shape index (κ1) is 10.8. The van der Waals surface area contributed by atoms with E-state index in [0.29, 0.717) is 0 Å². The molecule has 0 aromatic heterocycles. The van der Waals surface area contributed by atoms with Crippen LogP contribution < -0.4 is 0 Å². The van der Waals surface area contributed by atoms with Crippen LogP contribution in [-0.4, -0.2) is 30.1 Å². The van der Waals surface area contributed by atoms with Gasteiger partial charge in [0.25, 0.3) is 5.91 Å². The molecule has 0 spiro atoms. The Balaban J connectivity index is 1.89. The van der Waals surface area contributed by atoms with E-state index < -0.39 is 6.17 Å². The second-order valence-electron chi connectivity index (χ2n) is 4.96. The summed E-state index contributed by atoms with van der Waals surface area (Å²) < 4.78 is 12.8. The van der Waals surface area contributed by atoms with Crippen molar-refractivity contribution in [2.45, 2.75) is 31.9 Å². The first-order chi connectivity index (χ1) is 8.25. The minimum absolute atomic E-state index is 0.0117. The third-order valence-corrected chi connectivity index (χ3v) is 3.75. The summed E-state index contributed by atoms with van der Waals surface area (Å²) in [5, 5.41) is 0. The van der Waals surface area contributed by atoms with Gasteiger partial charge in [-0.2, -0.15) is 0 Å². The van der Waals surface area contributed by atoms with Crippen LogP contribution in [0.15, 0.2) is 18.2 Å². The van der Waals surface area contributed by atoms with Gasteiger partial charge in [-0.1, -0.05) is 12.1 Å². The van der Waals surface area contributed by atoms with E-state index in [4.69, 9.17) is 0 Å². The van der Waals surface area contributed by atoms with Crippen molar-refractivity contribution < 1.29 is 9.18 Å². The average Bonchev–Trinajstić information content (AvgIpc) is 2.33. The number of fused-ring (bicyclic) bond motifs is 1. The van der Waals surface area contributed by atoms with Gasteiger partial charge in [-0.25, -0.2) is 4.39 Å². The number of halogens is 1. The van der Waals surface area contributed by atoms with Gasteiger partial charge in [-0.15, -0.1) is 0 Å². The van der Waals surface area contributed by atoms with E-state index in [-0.39, 0.29) is 19.0 Å². The molecule has 1 amide bonds. The van der Waals surface area contributed by atoms with Gasteiger partial charge in [0, 0.05) is 5.56 Å². The maximum atomic E-state index is 12.8. The molecule has 1 aromatic carbocycles. The monoisotopic (exact) mass is 233 g/mol. The molecule has 1 fully saturated rings. The number of aryl methyl sites for hydroxylation is 1. The topological polar surface area (TPSA) is 20.3 Å². The van der Waals surface area contributed by atoms with E-state index in [1.165, 1.54) is 17.5 Å². The molecule has 1 heterocycles. The second kappa shape index (κ2) is 4.13. The normalized spacial score (nSPS) is 19.7. The molecule has 2 nitrogen and oxygen atoms in total. The summed E-state index contributed by atoms with van der Waals surface area (Å²) in [5.74, 6) is 0.0117. The lowest BCUT2D eigenvalue weighted by atomic mass is 9.87. The molecule has 3 rings (SSSR count). The predicted octanol–water partition coefficient (Wildman–Crippen LogP) is 2.36. The summed E-state index contributed by atoms with van der Waals surface area (Å²) in [6.45, 7) is 0.533. The van der Waals surface area contributed by atoms with E-state index in [9.17, 15) is 9.18 Å². The molecule has 0 radical (unpaired) electrons. The van der Waals surface area contributed by atoms with E-state index in [1.54, 1.807) is 4.90 Å². The molecule has 1 aromatic rings. The van der Waals surface area contributed by atoms with Crippen molar-refractivity contribution in [3.05, 3.63) is 34.9 Å². The summed E-state index contributed by atoms with van der Waals surface area (Å²) >= 11 is 0. The van der Waals surface area contributed by atoms with Crippen LogP contribution in [0.2, 0.25) is 0 Å². The molecule has 2 aliphatic rings. The number of carbonyl (C=O) groups excluding carboxylic acids is 1. The zero-order chi connectivity index (χ0) is 11.8. The molecule has 1 aliphatic carbocycles. The lowest BCUT2D eigenvalue weighted by Gasteiger charge is -2.35. The molecule has 0 unspecified atom stereocenters. The number of nitrogens with zero attached hydrogens (tertiary/aromatic N) is 1. The highest BCUT2D eigenvalue weighted by atomic mass is 19.1. The SMILES string of the molecule is O=C(c1cccc2c1CCCC2)N1CC(F)C1. The van der Waals surface area contributed by atoms with Gasteiger partial charge >= 0.3 is 0 Å². The third-order valence-electron chi connectivity index (χ3n) is 3.75. The second-order valence-corrected chi connectivity index (χ2v) is 4.96. The van der Waals surface area contributed by atoms with Gasteiger partial charge in [-0.05, 0) is 42.9 Å². The third kappa shape index (κ3) is 1.84. The Morgan fingerprint density at radius 2 is 2.00 bits per heavy atom. The molecule has 1 saturated heterocycles. The smallest absolute Gasteiger partial charge is 0.254 e. The van der Waals surface area contributed by atoms with Gasteiger partial charge in [0.1, 0.15) is 6.17 Å². The van der Waals surface area contributed by atoms with Crippen molar-refractivity contribution in [2.24, 2.45) is 0 Å². The summed E-state index contributed by atoms with van der Waals surface area (Å²) in [6.07, 6.45) is 3.61. The number of likely N-dealkylation sites (tertiary alicyclic amines) is 1. The molecular formula is C14H16FNO. The highest BCUT2D eigenvalue weighted by molar-refractivity contribution is 5.96. The highest BCUT2D eigenvalue weighted by Gasteiger charge is 2.32. The Hall–Kier alpha value is -1.38. The number of amides is 1. The number of benzene rings is 1. The van der Waals surface area contributed by atoms with E-state index >= 15 is 0 Å². The van der Waals surface area contributed by atoms with Gasteiger partial charge in [-0.3, -0.25) is 4.79 Å². The summed E-state index contributed by atoms with van der Waals surface area (Å²) in [6, 6.07) is 5.95. The van der Waals surface area contributed by atoms with Crippen LogP contribution in [0, 0.1) is 0 Å². The van der Waals surface area contributed by atoms with Crippen LogP contribution in [0.3, 0.4) is 0 Å². The van der Waals surface area contributed by atoms with Gasteiger partial charge in [0.2, 0.25) is 0 Å². The quantitative estimate of drug-likeness (QED) is 0.729. The molecule has 0 N–H and O–H groups in total. The van der Waals surface area contributed by atoms with Gasteiger partial charge in [0.05, 0.1) is 13.1 Å². The number of rotatable bonds is 1. The Morgan fingerprint density at radius 3 is 2.76 bits per heavy atom. The lowest BCUT2D eigenvalue weighted by molar-refractivity contribution is 0.0399. The first-order valence-electron chi connectivity index (χ1n) is 6.30.